The fourth-order valence-electron chi connectivity index (χ4n) is 2.28. The number of nitro groups is 1. The zero-order valence-corrected chi connectivity index (χ0v) is 11.8. The van der Waals surface area contributed by atoms with Crippen molar-refractivity contribution in [3.8, 4) is 0 Å². The number of nitro benzene ring substituents is 1. The van der Waals surface area contributed by atoms with Crippen molar-refractivity contribution in [1.29, 1.82) is 0 Å². The van der Waals surface area contributed by atoms with Crippen LogP contribution in [0.1, 0.15) is 5.56 Å². The first kappa shape index (κ1) is 14.5. The molecule has 0 bridgehead atoms. The lowest BCUT2D eigenvalue weighted by molar-refractivity contribution is -0.385. The molecule has 3 rings (SSSR count). The summed E-state index contributed by atoms with van der Waals surface area (Å²) in [7, 11) is 0. The number of nitrogens with zero attached hydrogens (tertiary/aromatic N) is 2. The topological polar surface area (TPSA) is 92.5 Å². The lowest BCUT2D eigenvalue weighted by Crippen LogP contribution is -2.30. The zero-order valence-electron chi connectivity index (χ0n) is 11.8. The summed E-state index contributed by atoms with van der Waals surface area (Å²) in [5.41, 5.74) is 0.533. The Hall–Kier alpha value is -3.48. The predicted octanol–water partition coefficient (Wildman–Crippen LogP) is 2.69. The Bertz CT molecular complexity index is 830. The summed E-state index contributed by atoms with van der Waals surface area (Å²) in [5.74, 6) is -0.556. The number of carbonyl (C=O) groups excluding carboxylic acids is 2. The van der Waals surface area contributed by atoms with Crippen LogP contribution in [0.15, 0.2) is 60.3 Å². The first-order chi connectivity index (χ1) is 11.1. The Labute approximate surface area is 131 Å². The summed E-state index contributed by atoms with van der Waals surface area (Å²) < 4.78 is 0. The highest BCUT2D eigenvalue weighted by Gasteiger charge is 2.35. The standard InChI is InChI=1S/C16H11N3O4/c20-15-13(10-11-6-4-5-9-14(11)19(22)23)17-16(21)18(15)12-7-2-1-3-8-12/h1-10H,(H,17,21)/b13-10-. The molecule has 2 aromatic rings. The number of hydrogen-bond donors (Lipinski definition) is 1. The van der Waals surface area contributed by atoms with E-state index in [0.717, 1.165) is 4.90 Å². The fourth-order valence-corrected chi connectivity index (χ4v) is 2.28. The maximum atomic E-state index is 12.4. The third kappa shape index (κ3) is 2.67. The van der Waals surface area contributed by atoms with E-state index in [1.165, 1.54) is 24.3 Å². The summed E-state index contributed by atoms with van der Waals surface area (Å²) in [5, 5.41) is 13.5. The molecule has 7 heteroatoms. The van der Waals surface area contributed by atoms with E-state index >= 15 is 0 Å². The molecule has 0 atom stereocenters. The van der Waals surface area contributed by atoms with Crippen LogP contribution < -0.4 is 10.2 Å². The summed E-state index contributed by atoms with van der Waals surface area (Å²) in [4.78, 5) is 35.9. The number of hydrogen-bond acceptors (Lipinski definition) is 4. The van der Waals surface area contributed by atoms with Gasteiger partial charge in [-0.2, -0.15) is 0 Å². The number of carbonyl (C=O) groups is 2. The minimum absolute atomic E-state index is 0.00634. The molecule has 114 valence electrons. The molecule has 1 aliphatic heterocycles. The molecule has 0 spiro atoms. The van der Waals surface area contributed by atoms with Gasteiger partial charge < -0.3 is 5.32 Å². The molecule has 7 nitrogen and oxygen atoms in total. The van der Waals surface area contributed by atoms with Gasteiger partial charge in [0.25, 0.3) is 11.6 Å². The molecule has 0 radical (unpaired) electrons. The van der Waals surface area contributed by atoms with Crippen molar-refractivity contribution in [2.75, 3.05) is 4.90 Å². The highest BCUT2D eigenvalue weighted by atomic mass is 16.6. The van der Waals surface area contributed by atoms with Gasteiger partial charge in [0.1, 0.15) is 5.70 Å². The van der Waals surface area contributed by atoms with Gasteiger partial charge in [-0.3, -0.25) is 14.9 Å². The minimum Gasteiger partial charge on any atom is -0.302 e. The van der Waals surface area contributed by atoms with Gasteiger partial charge >= 0.3 is 6.03 Å². The van der Waals surface area contributed by atoms with E-state index in [1.54, 1.807) is 36.4 Å². The third-order valence-corrected chi connectivity index (χ3v) is 3.33. The van der Waals surface area contributed by atoms with E-state index in [9.17, 15) is 19.7 Å². The first-order valence-corrected chi connectivity index (χ1v) is 6.73. The quantitative estimate of drug-likeness (QED) is 0.408. The third-order valence-electron chi connectivity index (χ3n) is 3.33. The molecule has 1 N–H and O–H groups in total. The second-order valence-electron chi connectivity index (χ2n) is 4.78. The van der Waals surface area contributed by atoms with Crippen molar-refractivity contribution in [2.45, 2.75) is 0 Å². The molecule has 0 unspecified atom stereocenters. The maximum Gasteiger partial charge on any atom is 0.333 e. The second kappa shape index (κ2) is 5.72. The summed E-state index contributed by atoms with van der Waals surface area (Å²) in [6.45, 7) is 0. The number of urea groups is 1. The van der Waals surface area contributed by atoms with Crippen LogP contribution in [0.4, 0.5) is 16.2 Å². The minimum atomic E-state index is -0.592. The van der Waals surface area contributed by atoms with E-state index in [0.29, 0.717) is 5.69 Å². The molecule has 3 amide bonds. The lowest BCUT2D eigenvalue weighted by atomic mass is 10.1. The van der Waals surface area contributed by atoms with Crippen molar-refractivity contribution in [3.63, 3.8) is 0 Å². The number of amides is 3. The molecule has 0 aromatic heterocycles. The highest BCUT2D eigenvalue weighted by molar-refractivity contribution is 6.28. The van der Waals surface area contributed by atoms with Crippen molar-refractivity contribution < 1.29 is 14.5 Å². The molecule has 1 aliphatic rings. The van der Waals surface area contributed by atoms with Crippen molar-refractivity contribution in [1.82, 2.24) is 5.32 Å². The Morgan fingerprint density at radius 3 is 2.35 bits per heavy atom. The molecule has 2 aromatic carbocycles. The average molecular weight is 309 g/mol. The van der Waals surface area contributed by atoms with Gasteiger partial charge in [0.05, 0.1) is 16.2 Å². The maximum absolute atomic E-state index is 12.4. The largest absolute Gasteiger partial charge is 0.333 e. The summed E-state index contributed by atoms with van der Waals surface area (Å²) in [6.07, 6.45) is 1.31. The van der Waals surface area contributed by atoms with Gasteiger partial charge in [0, 0.05) is 6.07 Å². The van der Waals surface area contributed by atoms with Gasteiger partial charge in [-0.05, 0) is 24.3 Å². The monoisotopic (exact) mass is 309 g/mol. The van der Waals surface area contributed by atoms with Crippen LogP contribution in [-0.4, -0.2) is 16.9 Å². The molecule has 23 heavy (non-hydrogen) atoms. The number of imide groups is 1. The van der Waals surface area contributed by atoms with Crippen LogP contribution in [0.3, 0.4) is 0 Å². The fraction of sp³-hybridized carbons (Fsp3) is 0. The van der Waals surface area contributed by atoms with Gasteiger partial charge in [0.15, 0.2) is 0 Å². The van der Waals surface area contributed by atoms with Crippen LogP contribution in [0, 0.1) is 10.1 Å². The summed E-state index contributed by atoms with van der Waals surface area (Å²) in [6, 6.07) is 13.9. The highest BCUT2D eigenvalue weighted by Crippen LogP contribution is 2.25. The van der Waals surface area contributed by atoms with Gasteiger partial charge in [0.2, 0.25) is 0 Å². The van der Waals surface area contributed by atoms with Crippen LogP contribution in [-0.2, 0) is 4.79 Å². The van der Waals surface area contributed by atoms with Crippen LogP contribution >= 0.6 is 0 Å². The van der Waals surface area contributed by atoms with Crippen molar-refractivity contribution >= 4 is 29.4 Å². The van der Waals surface area contributed by atoms with E-state index in [2.05, 4.69) is 5.32 Å². The van der Waals surface area contributed by atoms with Crippen LogP contribution in [0.2, 0.25) is 0 Å². The van der Waals surface area contributed by atoms with Crippen molar-refractivity contribution in [2.24, 2.45) is 0 Å². The van der Waals surface area contributed by atoms with Gasteiger partial charge in [-0.25, -0.2) is 9.69 Å². The van der Waals surface area contributed by atoms with E-state index < -0.39 is 16.9 Å². The van der Waals surface area contributed by atoms with Gasteiger partial charge in [-0.1, -0.05) is 30.3 Å². The normalized spacial score (nSPS) is 15.8. The predicted molar refractivity (Wildman–Crippen MR) is 83.5 cm³/mol. The Morgan fingerprint density at radius 1 is 1.00 bits per heavy atom. The van der Waals surface area contributed by atoms with Crippen LogP contribution in [0.5, 0.6) is 0 Å². The molecule has 1 heterocycles. The molecular formula is C16H11N3O4. The van der Waals surface area contributed by atoms with E-state index in [-0.39, 0.29) is 16.9 Å². The molecular weight excluding hydrogens is 298 g/mol. The second-order valence-corrected chi connectivity index (χ2v) is 4.78. The number of nitrogens with one attached hydrogen (secondary N) is 1. The average Bonchev–Trinajstić information content (AvgIpc) is 2.82. The first-order valence-electron chi connectivity index (χ1n) is 6.73. The van der Waals surface area contributed by atoms with Crippen LogP contribution in [0.25, 0.3) is 6.08 Å². The number of para-hydroxylation sites is 2. The lowest BCUT2D eigenvalue weighted by Gasteiger charge is -2.10. The van der Waals surface area contributed by atoms with Crippen molar-refractivity contribution in [3.05, 3.63) is 76.0 Å². The number of anilines is 1. The Morgan fingerprint density at radius 2 is 1.65 bits per heavy atom. The smallest absolute Gasteiger partial charge is 0.302 e. The summed E-state index contributed by atoms with van der Waals surface area (Å²) >= 11 is 0. The molecule has 1 saturated heterocycles. The van der Waals surface area contributed by atoms with Gasteiger partial charge in [-0.15, -0.1) is 0 Å². The zero-order chi connectivity index (χ0) is 16.4. The Kier molecular flexibility index (Phi) is 3.60. The van der Waals surface area contributed by atoms with E-state index in [1.807, 2.05) is 0 Å². The molecule has 1 fully saturated rings. The number of rotatable bonds is 3. The van der Waals surface area contributed by atoms with E-state index in [4.69, 9.17) is 0 Å². The number of benzene rings is 2. The molecule has 0 saturated carbocycles. The Balaban J connectivity index is 1.99. The molecule has 0 aliphatic carbocycles. The SMILES string of the molecule is O=C1N/C(=C\c2ccccc2[N+](=O)[O-])C(=O)N1c1ccccc1.